The van der Waals surface area contributed by atoms with E-state index in [-0.39, 0.29) is 12.1 Å². The molecule has 0 saturated carbocycles. The number of benzene rings is 1. The van der Waals surface area contributed by atoms with Crippen molar-refractivity contribution in [1.82, 2.24) is 4.90 Å². The zero-order valence-electron chi connectivity index (χ0n) is 14.1. The summed E-state index contributed by atoms with van der Waals surface area (Å²) < 4.78 is 1.06. The van der Waals surface area contributed by atoms with Gasteiger partial charge in [-0.15, -0.1) is 11.3 Å². The predicted octanol–water partition coefficient (Wildman–Crippen LogP) is 6.28. The van der Waals surface area contributed by atoms with Gasteiger partial charge in [0.1, 0.15) is 0 Å². The molecule has 1 aliphatic rings. The van der Waals surface area contributed by atoms with Gasteiger partial charge in [-0.3, -0.25) is 0 Å². The third-order valence-electron chi connectivity index (χ3n) is 4.51. The molecular weight excluding hydrogens is 384 g/mol. The summed E-state index contributed by atoms with van der Waals surface area (Å²) in [5.74, 6) is 0. The lowest BCUT2D eigenvalue weighted by molar-refractivity contribution is 0.190. The van der Waals surface area contributed by atoms with E-state index < -0.39 is 0 Å². The van der Waals surface area contributed by atoms with Crippen molar-refractivity contribution >= 4 is 39.0 Å². The van der Waals surface area contributed by atoms with Crippen LogP contribution >= 0.6 is 27.3 Å². The maximum absolute atomic E-state index is 12.9. The van der Waals surface area contributed by atoms with Crippen molar-refractivity contribution in [2.24, 2.45) is 0 Å². The molecule has 1 saturated heterocycles. The van der Waals surface area contributed by atoms with Gasteiger partial charge in [-0.05, 0) is 62.6 Å². The summed E-state index contributed by atoms with van der Waals surface area (Å²) in [5.41, 5.74) is 1.97. The monoisotopic (exact) mass is 406 g/mol. The van der Waals surface area contributed by atoms with Gasteiger partial charge in [-0.25, -0.2) is 4.79 Å². The maximum Gasteiger partial charge on any atom is 0.322 e. The number of urea groups is 1. The smallest absolute Gasteiger partial charge is 0.317 e. The van der Waals surface area contributed by atoms with Crippen LogP contribution in [-0.2, 0) is 0 Å². The highest BCUT2D eigenvalue weighted by Gasteiger charge is 2.27. The Balaban J connectivity index is 1.80. The molecule has 1 aliphatic heterocycles. The van der Waals surface area contributed by atoms with E-state index in [2.05, 4.69) is 40.3 Å². The van der Waals surface area contributed by atoms with Crippen LogP contribution in [0.3, 0.4) is 0 Å². The quantitative estimate of drug-likeness (QED) is 0.625. The first kappa shape index (κ1) is 17.5. The van der Waals surface area contributed by atoms with Gasteiger partial charge >= 0.3 is 6.03 Å². The molecule has 5 heteroatoms. The lowest BCUT2D eigenvalue weighted by atomic mass is 10.1. The van der Waals surface area contributed by atoms with Crippen LogP contribution in [0, 0.1) is 13.8 Å². The molecule has 0 spiro atoms. The zero-order chi connectivity index (χ0) is 17.1. The minimum Gasteiger partial charge on any atom is -0.317 e. The number of carbonyl (C=O) groups is 1. The number of carbonyl (C=O) groups excluding carboxylic acids is 1. The molecule has 24 heavy (non-hydrogen) atoms. The van der Waals surface area contributed by atoms with E-state index in [9.17, 15) is 4.79 Å². The minimum absolute atomic E-state index is 0.00896. The van der Waals surface area contributed by atoms with Crippen LogP contribution in [0.1, 0.15) is 47.0 Å². The Morgan fingerprint density at radius 3 is 2.75 bits per heavy atom. The topological polar surface area (TPSA) is 32.3 Å². The van der Waals surface area contributed by atoms with Crippen molar-refractivity contribution in [3.63, 3.8) is 0 Å². The van der Waals surface area contributed by atoms with Gasteiger partial charge in [0.25, 0.3) is 0 Å². The number of hydrogen-bond donors (Lipinski definition) is 1. The van der Waals surface area contributed by atoms with Crippen LogP contribution in [0.15, 0.2) is 34.8 Å². The van der Waals surface area contributed by atoms with Crippen LogP contribution in [0.4, 0.5) is 10.5 Å². The Morgan fingerprint density at radius 2 is 2.04 bits per heavy atom. The van der Waals surface area contributed by atoms with Gasteiger partial charge < -0.3 is 10.2 Å². The fourth-order valence-electron chi connectivity index (χ4n) is 3.20. The van der Waals surface area contributed by atoms with E-state index in [1.54, 1.807) is 0 Å². The van der Waals surface area contributed by atoms with E-state index in [4.69, 9.17) is 0 Å². The first-order chi connectivity index (χ1) is 11.5. The number of anilines is 1. The van der Waals surface area contributed by atoms with Crippen LogP contribution in [0.25, 0.3) is 0 Å². The number of aryl methyl sites for hydroxylation is 2. The SMILES string of the molecule is Cc1ccc([C@H]2CCCCCN2C(=O)Nc2ccc(Br)c(C)c2)s1. The molecule has 1 N–H and O–H groups in total. The normalized spacial score (nSPS) is 18.3. The molecule has 0 unspecified atom stereocenters. The van der Waals surface area contributed by atoms with Gasteiger partial charge in [0.05, 0.1) is 6.04 Å². The predicted molar refractivity (Wildman–Crippen MR) is 105 cm³/mol. The molecule has 3 rings (SSSR count). The summed E-state index contributed by atoms with van der Waals surface area (Å²) in [7, 11) is 0. The molecular formula is C19H23BrN2OS. The van der Waals surface area contributed by atoms with Gasteiger partial charge in [0.15, 0.2) is 0 Å². The summed E-state index contributed by atoms with van der Waals surface area (Å²) in [6.45, 7) is 4.98. The second-order valence-electron chi connectivity index (χ2n) is 6.40. The lowest BCUT2D eigenvalue weighted by Crippen LogP contribution is -2.37. The summed E-state index contributed by atoms with van der Waals surface area (Å²) in [6, 6.07) is 10.5. The van der Waals surface area contributed by atoms with Gasteiger partial charge in [-0.1, -0.05) is 28.8 Å². The van der Waals surface area contributed by atoms with Crippen LogP contribution in [-0.4, -0.2) is 17.5 Å². The number of nitrogens with zero attached hydrogens (tertiary/aromatic N) is 1. The molecule has 2 heterocycles. The van der Waals surface area contributed by atoms with E-state index in [1.807, 2.05) is 41.4 Å². The highest BCUT2D eigenvalue weighted by Crippen LogP contribution is 2.34. The molecule has 0 aliphatic carbocycles. The molecule has 3 nitrogen and oxygen atoms in total. The summed E-state index contributed by atoms with van der Waals surface area (Å²) in [4.78, 5) is 17.5. The fraction of sp³-hybridized carbons (Fsp3) is 0.421. The largest absolute Gasteiger partial charge is 0.322 e. The summed E-state index contributed by atoms with van der Waals surface area (Å²) in [5, 5.41) is 3.08. The third-order valence-corrected chi connectivity index (χ3v) is 6.50. The van der Waals surface area contributed by atoms with Crippen LogP contribution in [0.2, 0.25) is 0 Å². The molecule has 0 bridgehead atoms. The first-order valence-corrected chi connectivity index (χ1v) is 10.1. The van der Waals surface area contributed by atoms with Gasteiger partial charge in [0, 0.05) is 26.5 Å². The Hall–Kier alpha value is -1.33. The molecule has 1 aromatic heterocycles. The van der Waals surface area contributed by atoms with Crippen LogP contribution in [0.5, 0.6) is 0 Å². The zero-order valence-corrected chi connectivity index (χ0v) is 16.5. The molecule has 1 atom stereocenters. The van der Waals surface area contributed by atoms with Gasteiger partial charge in [0.2, 0.25) is 0 Å². The number of hydrogen-bond acceptors (Lipinski definition) is 2. The lowest BCUT2D eigenvalue weighted by Gasteiger charge is -2.29. The Morgan fingerprint density at radius 1 is 1.21 bits per heavy atom. The highest BCUT2D eigenvalue weighted by molar-refractivity contribution is 9.10. The molecule has 128 valence electrons. The summed E-state index contributed by atoms with van der Waals surface area (Å²) in [6.07, 6.45) is 4.51. The van der Waals surface area contributed by atoms with E-state index in [0.29, 0.717) is 0 Å². The number of amides is 2. The average Bonchev–Trinajstić information content (AvgIpc) is 2.83. The van der Waals surface area contributed by atoms with Crippen molar-refractivity contribution in [2.75, 3.05) is 11.9 Å². The van der Waals surface area contributed by atoms with Crippen molar-refractivity contribution in [2.45, 2.75) is 45.6 Å². The fourth-order valence-corrected chi connectivity index (χ4v) is 4.47. The Bertz CT molecular complexity index is 728. The number of nitrogens with one attached hydrogen (secondary N) is 1. The standard InChI is InChI=1S/C19H23BrN2OS/c1-13-12-15(8-9-16(13)20)21-19(23)22-11-5-3-4-6-17(22)18-10-7-14(2)24-18/h7-10,12,17H,3-6,11H2,1-2H3,(H,21,23)/t17-/m1/s1. The Labute approximate surface area is 156 Å². The minimum atomic E-state index is 0.00896. The average molecular weight is 407 g/mol. The number of rotatable bonds is 2. The molecule has 0 radical (unpaired) electrons. The second kappa shape index (κ2) is 7.70. The molecule has 1 aromatic carbocycles. The third kappa shape index (κ3) is 4.01. The molecule has 2 aromatic rings. The first-order valence-electron chi connectivity index (χ1n) is 8.45. The van der Waals surface area contributed by atoms with E-state index >= 15 is 0 Å². The molecule has 1 fully saturated rings. The van der Waals surface area contributed by atoms with Crippen molar-refractivity contribution < 1.29 is 4.79 Å². The van der Waals surface area contributed by atoms with E-state index in [1.165, 1.54) is 22.6 Å². The van der Waals surface area contributed by atoms with Crippen molar-refractivity contribution in [1.29, 1.82) is 0 Å². The Kier molecular flexibility index (Phi) is 5.61. The highest BCUT2D eigenvalue weighted by atomic mass is 79.9. The van der Waals surface area contributed by atoms with Crippen LogP contribution < -0.4 is 5.32 Å². The summed E-state index contributed by atoms with van der Waals surface area (Å²) >= 11 is 5.31. The number of likely N-dealkylation sites (tertiary alicyclic amines) is 1. The van der Waals surface area contributed by atoms with E-state index in [0.717, 1.165) is 35.1 Å². The maximum atomic E-state index is 12.9. The van der Waals surface area contributed by atoms with Crippen molar-refractivity contribution in [3.05, 3.63) is 50.1 Å². The number of thiophene rings is 1. The second-order valence-corrected chi connectivity index (χ2v) is 8.57. The van der Waals surface area contributed by atoms with Crippen molar-refractivity contribution in [3.8, 4) is 0 Å². The molecule has 2 amide bonds. The number of halogens is 1. The van der Waals surface area contributed by atoms with Gasteiger partial charge in [-0.2, -0.15) is 0 Å².